The number of allylic oxidation sites excluding steroid dienone is 14. The number of rotatable bonds is 66. The molecule has 0 saturated heterocycles. The van der Waals surface area contributed by atoms with Crippen LogP contribution in [0.15, 0.2) is 85.1 Å². The number of esters is 3. The van der Waals surface area contributed by atoms with Gasteiger partial charge in [-0.3, -0.25) is 14.4 Å². The topological polar surface area (TPSA) is 78.9 Å². The van der Waals surface area contributed by atoms with Crippen molar-refractivity contribution >= 4 is 17.9 Å². The summed E-state index contributed by atoms with van der Waals surface area (Å²) in [5, 5.41) is 0. The van der Waals surface area contributed by atoms with Crippen LogP contribution >= 0.6 is 0 Å². The molecule has 1 atom stereocenters. The number of hydrogen-bond acceptors (Lipinski definition) is 6. The second-order valence-corrected chi connectivity index (χ2v) is 24.1. The second-order valence-electron chi connectivity index (χ2n) is 24.1. The minimum Gasteiger partial charge on any atom is -0.462 e. The third-order valence-electron chi connectivity index (χ3n) is 15.9. The predicted octanol–water partition coefficient (Wildman–Crippen LogP) is 25.0. The molecule has 0 fully saturated rings. The van der Waals surface area contributed by atoms with Crippen LogP contribution in [-0.4, -0.2) is 37.2 Å². The lowest BCUT2D eigenvalue weighted by molar-refractivity contribution is -0.167. The number of carbonyl (C=O) groups excluding carboxylic acids is 3. The van der Waals surface area contributed by atoms with E-state index >= 15 is 0 Å². The molecule has 6 heteroatoms. The molecule has 0 amide bonds. The fourth-order valence-electron chi connectivity index (χ4n) is 10.5. The van der Waals surface area contributed by atoms with E-state index in [0.717, 1.165) is 96.3 Å². The molecular formula is C77H136O6. The summed E-state index contributed by atoms with van der Waals surface area (Å²) in [6.07, 6.45) is 94.9. The first-order valence-electron chi connectivity index (χ1n) is 36.1. The van der Waals surface area contributed by atoms with Gasteiger partial charge in [-0.05, 0) is 96.3 Å². The van der Waals surface area contributed by atoms with Crippen LogP contribution in [0.2, 0.25) is 0 Å². The summed E-state index contributed by atoms with van der Waals surface area (Å²) in [7, 11) is 0. The van der Waals surface area contributed by atoms with Gasteiger partial charge in [0, 0.05) is 19.3 Å². The zero-order chi connectivity index (χ0) is 59.9. The van der Waals surface area contributed by atoms with Crippen molar-refractivity contribution in [1.29, 1.82) is 0 Å². The molecule has 0 N–H and O–H groups in total. The molecule has 1 unspecified atom stereocenters. The highest BCUT2D eigenvalue weighted by atomic mass is 16.6. The van der Waals surface area contributed by atoms with Gasteiger partial charge < -0.3 is 14.2 Å². The smallest absolute Gasteiger partial charge is 0.306 e. The number of hydrogen-bond donors (Lipinski definition) is 0. The largest absolute Gasteiger partial charge is 0.462 e. The average molecular weight is 1160 g/mol. The van der Waals surface area contributed by atoms with Gasteiger partial charge in [-0.25, -0.2) is 0 Å². The van der Waals surface area contributed by atoms with Gasteiger partial charge in [-0.2, -0.15) is 0 Å². The molecule has 0 bridgehead atoms. The van der Waals surface area contributed by atoms with Gasteiger partial charge >= 0.3 is 17.9 Å². The van der Waals surface area contributed by atoms with Crippen molar-refractivity contribution in [1.82, 2.24) is 0 Å². The van der Waals surface area contributed by atoms with Crippen LogP contribution in [0.5, 0.6) is 0 Å². The molecule has 0 aliphatic rings. The van der Waals surface area contributed by atoms with Crippen LogP contribution in [0.25, 0.3) is 0 Å². The van der Waals surface area contributed by atoms with Gasteiger partial charge in [-0.15, -0.1) is 0 Å². The normalized spacial score (nSPS) is 12.6. The van der Waals surface area contributed by atoms with Crippen molar-refractivity contribution in [2.24, 2.45) is 0 Å². The first-order chi connectivity index (χ1) is 41.0. The van der Waals surface area contributed by atoms with E-state index in [4.69, 9.17) is 14.2 Å². The van der Waals surface area contributed by atoms with E-state index in [2.05, 4.69) is 106 Å². The minimum absolute atomic E-state index is 0.0712. The third-order valence-corrected chi connectivity index (χ3v) is 15.9. The fraction of sp³-hybridized carbons (Fsp3) is 0.779. The Bertz CT molecular complexity index is 1570. The summed E-state index contributed by atoms with van der Waals surface area (Å²) in [6.45, 7) is 6.55. The molecule has 0 rings (SSSR count). The highest BCUT2D eigenvalue weighted by Gasteiger charge is 2.19. The minimum atomic E-state index is -0.774. The van der Waals surface area contributed by atoms with E-state index in [9.17, 15) is 14.4 Å². The van der Waals surface area contributed by atoms with Crippen LogP contribution in [0.1, 0.15) is 367 Å². The Labute approximate surface area is 515 Å². The van der Waals surface area contributed by atoms with Crippen molar-refractivity contribution in [2.45, 2.75) is 374 Å². The van der Waals surface area contributed by atoms with Crippen LogP contribution in [0.4, 0.5) is 0 Å². The molecule has 0 saturated carbocycles. The maximum absolute atomic E-state index is 12.9. The van der Waals surface area contributed by atoms with Crippen LogP contribution in [0, 0.1) is 0 Å². The Balaban J connectivity index is 4.08. The van der Waals surface area contributed by atoms with E-state index < -0.39 is 6.10 Å². The summed E-state index contributed by atoms with van der Waals surface area (Å²) in [6, 6.07) is 0. The first-order valence-corrected chi connectivity index (χ1v) is 36.1. The highest BCUT2D eigenvalue weighted by molar-refractivity contribution is 5.71. The molecule has 480 valence electrons. The van der Waals surface area contributed by atoms with Crippen LogP contribution < -0.4 is 0 Å². The Kier molecular flexibility index (Phi) is 68.2. The van der Waals surface area contributed by atoms with Crippen LogP contribution in [-0.2, 0) is 28.6 Å². The van der Waals surface area contributed by atoms with Gasteiger partial charge in [0.25, 0.3) is 0 Å². The summed E-state index contributed by atoms with van der Waals surface area (Å²) < 4.78 is 16.9. The molecular weight excluding hydrogens is 1020 g/mol. The number of unbranched alkanes of at least 4 members (excludes halogenated alkanes) is 41. The molecule has 0 aliphatic heterocycles. The van der Waals surface area contributed by atoms with Crippen molar-refractivity contribution < 1.29 is 28.6 Å². The van der Waals surface area contributed by atoms with Gasteiger partial charge in [0.2, 0.25) is 0 Å². The molecule has 0 radical (unpaired) electrons. The van der Waals surface area contributed by atoms with Gasteiger partial charge in [0.15, 0.2) is 6.10 Å². The predicted molar refractivity (Wildman–Crippen MR) is 362 cm³/mol. The Morgan fingerprint density at radius 3 is 0.747 bits per heavy atom. The maximum atomic E-state index is 12.9. The van der Waals surface area contributed by atoms with E-state index in [1.54, 1.807) is 0 Å². The quantitative estimate of drug-likeness (QED) is 0.0261. The van der Waals surface area contributed by atoms with Crippen molar-refractivity contribution in [3.8, 4) is 0 Å². The third kappa shape index (κ3) is 69.3. The van der Waals surface area contributed by atoms with Crippen molar-refractivity contribution in [3.05, 3.63) is 85.1 Å². The molecule has 0 spiro atoms. The van der Waals surface area contributed by atoms with Gasteiger partial charge in [0.1, 0.15) is 13.2 Å². The summed E-state index contributed by atoms with van der Waals surface area (Å²) in [5.41, 5.74) is 0. The highest BCUT2D eigenvalue weighted by Crippen LogP contribution is 2.18. The summed E-state index contributed by atoms with van der Waals surface area (Å²) in [5.74, 6) is -0.856. The second kappa shape index (κ2) is 71.1. The van der Waals surface area contributed by atoms with Crippen molar-refractivity contribution in [3.63, 3.8) is 0 Å². The fourth-order valence-corrected chi connectivity index (χ4v) is 10.5. The van der Waals surface area contributed by atoms with Crippen molar-refractivity contribution in [2.75, 3.05) is 13.2 Å². The summed E-state index contributed by atoms with van der Waals surface area (Å²) in [4.78, 5) is 38.3. The Morgan fingerprint density at radius 1 is 0.253 bits per heavy atom. The standard InChI is InChI=1S/C77H136O6/c1-4-7-10-13-16-19-21-23-25-27-29-31-32-33-34-35-36-37-38-39-40-41-42-43-44-46-47-49-51-53-55-58-61-64-67-70-76(79)82-73-74(72-81-75(78)69-66-63-60-57-18-15-12-9-6-3)83-77(80)71-68-65-62-59-56-54-52-50-48-45-30-28-26-24-22-20-17-14-11-8-5-2/h7,10,16,19,23,25,28-31,33-34,36-37,74H,4-6,8-9,11-15,17-18,20-22,24,26-27,32,35,38-73H2,1-3H3/b10-7-,19-16-,25-23-,30-28-,31-29-,34-33-,37-36-. The monoisotopic (exact) mass is 1160 g/mol. The molecule has 0 aromatic carbocycles. The van der Waals surface area contributed by atoms with E-state index in [1.165, 1.54) is 231 Å². The van der Waals surface area contributed by atoms with Gasteiger partial charge in [0.05, 0.1) is 0 Å². The lowest BCUT2D eigenvalue weighted by Gasteiger charge is -2.18. The lowest BCUT2D eigenvalue weighted by atomic mass is 10.0. The number of carbonyl (C=O) groups is 3. The molecule has 0 aromatic heterocycles. The van der Waals surface area contributed by atoms with E-state index in [0.29, 0.717) is 19.3 Å². The van der Waals surface area contributed by atoms with E-state index in [-0.39, 0.29) is 31.1 Å². The van der Waals surface area contributed by atoms with E-state index in [1.807, 2.05) is 0 Å². The Hall–Kier alpha value is -3.41. The molecule has 6 nitrogen and oxygen atoms in total. The average Bonchev–Trinajstić information content (AvgIpc) is 3.49. The molecule has 83 heavy (non-hydrogen) atoms. The Morgan fingerprint density at radius 2 is 0.470 bits per heavy atom. The number of ether oxygens (including phenoxy) is 3. The zero-order valence-electron chi connectivity index (χ0n) is 55.2. The lowest BCUT2D eigenvalue weighted by Crippen LogP contribution is -2.30. The molecule has 0 aliphatic carbocycles. The first kappa shape index (κ1) is 79.6. The SMILES string of the molecule is CC/C=C\C/C=C\C/C=C\C/C=C\C/C=C\C/C=C\CCCCCCCCCCCCCCCCCCC(=O)OCC(COC(=O)CCCCCCCCCCC)OC(=O)CCCCCCCCCCC/C=C\CCCCCCCCCC. The van der Waals surface area contributed by atoms with Gasteiger partial charge in [-0.1, -0.05) is 337 Å². The molecule has 0 heterocycles. The summed E-state index contributed by atoms with van der Waals surface area (Å²) >= 11 is 0. The zero-order valence-corrected chi connectivity index (χ0v) is 55.2. The molecule has 0 aromatic rings. The maximum Gasteiger partial charge on any atom is 0.306 e. The van der Waals surface area contributed by atoms with Crippen LogP contribution in [0.3, 0.4) is 0 Å².